The normalized spacial score (nSPS) is 27.2. The second-order valence-electron chi connectivity index (χ2n) is 13.5. The average molecular weight is 693 g/mol. The van der Waals surface area contributed by atoms with Crippen molar-refractivity contribution in [2.24, 2.45) is 29.2 Å². The molecule has 48 heavy (non-hydrogen) atoms. The van der Waals surface area contributed by atoms with Gasteiger partial charge in [0.1, 0.15) is 15.7 Å². The minimum atomic E-state index is -3.49. The zero-order valence-corrected chi connectivity index (χ0v) is 29.5. The van der Waals surface area contributed by atoms with E-state index in [-0.39, 0.29) is 23.3 Å². The summed E-state index contributed by atoms with van der Waals surface area (Å²) < 4.78 is 35.4. The third-order valence-corrected chi connectivity index (χ3v) is 12.0. The Balaban J connectivity index is 1.45. The standard InChI is InChI=1S/C37H45ClN4O5S/c1-25-7-6-9-34(46-3)32-14-11-29(32)23-42-22-28-10-13-31(38)19-26(28)8-4-5-18-47-35-15-12-27(20-33(35)42)36(43)39-48(45,24-25)40-37(44)30-16-17-41(2)21-30/h6,9-10,12-13,15-17,19-21,25,29,32,34H,4-5,7-8,11,14,18,22-24H2,1-3H3,(H,39,40,43,44,45)/b9-6+/t25-,29-,32+,34-,48?/m0/s1. The first kappa shape index (κ1) is 34.3. The lowest BCUT2D eigenvalue weighted by Crippen LogP contribution is -2.43. The van der Waals surface area contributed by atoms with Gasteiger partial charge in [-0.25, -0.2) is 4.21 Å². The predicted octanol–water partition coefficient (Wildman–Crippen LogP) is 6.99. The molecule has 5 atom stereocenters. The minimum absolute atomic E-state index is 0.0187. The molecular formula is C37H45ClN4O5S. The van der Waals surface area contributed by atoms with Crippen molar-refractivity contribution < 1.29 is 23.3 Å². The maximum Gasteiger partial charge on any atom is 0.286 e. The van der Waals surface area contributed by atoms with Crippen LogP contribution in [-0.4, -0.2) is 52.7 Å². The zero-order chi connectivity index (χ0) is 33.8. The Morgan fingerprint density at radius 1 is 1.12 bits per heavy atom. The molecule has 0 radical (unpaired) electrons. The molecule has 2 aliphatic heterocycles. The van der Waals surface area contributed by atoms with E-state index in [0.29, 0.717) is 47.7 Å². The van der Waals surface area contributed by atoms with E-state index in [4.69, 9.17) is 21.1 Å². The topological polar surface area (TPSA) is 102 Å². The van der Waals surface area contributed by atoms with Crippen molar-refractivity contribution in [3.8, 4) is 5.75 Å². The van der Waals surface area contributed by atoms with Crippen LogP contribution < -0.4 is 14.4 Å². The maximum atomic E-state index is 14.4. The van der Waals surface area contributed by atoms with E-state index in [2.05, 4.69) is 38.3 Å². The third-order valence-electron chi connectivity index (χ3n) is 9.75. The number of benzene rings is 2. The highest BCUT2D eigenvalue weighted by Crippen LogP contribution is 2.42. The molecule has 256 valence electrons. The SMILES string of the molecule is CO[C@H]1/C=C/C[C@H](C)CS(=O)(NC(=O)c2ccn(C)c2)=NC(=O)c2ccc3c(c2)N(Cc2ccc(Cl)cc2CCCCO3)C[C@@H]2CC[C@H]21. The van der Waals surface area contributed by atoms with Crippen molar-refractivity contribution >= 4 is 39.0 Å². The zero-order valence-electron chi connectivity index (χ0n) is 27.9. The average Bonchev–Trinajstić information content (AvgIpc) is 3.47. The van der Waals surface area contributed by atoms with E-state index in [1.165, 1.54) is 11.1 Å². The number of ether oxygens (including phenoxy) is 2. The van der Waals surface area contributed by atoms with Crippen LogP contribution in [-0.2, 0) is 34.7 Å². The molecule has 6 rings (SSSR count). The maximum absolute atomic E-state index is 14.4. The summed E-state index contributed by atoms with van der Waals surface area (Å²) in [6.45, 7) is 3.84. The van der Waals surface area contributed by atoms with Gasteiger partial charge in [0.2, 0.25) is 0 Å². The molecule has 3 aliphatic rings. The summed E-state index contributed by atoms with van der Waals surface area (Å²) in [5, 5.41) is 0.716. The Morgan fingerprint density at radius 2 is 1.98 bits per heavy atom. The fraction of sp³-hybridized carbons (Fsp3) is 0.459. The number of amides is 2. The highest BCUT2D eigenvalue weighted by atomic mass is 35.5. The summed E-state index contributed by atoms with van der Waals surface area (Å²) in [6, 6.07) is 13.0. The van der Waals surface area contributed by atoms with Gasteiger partial charge in [0, 0.05) is 50.2 Å². The third kappa shape index (κ3) is 7.98. The molecule has 0 spiro atoms. The molecule has 11 heteroatoms. The Kier molecular flexibility index (Phi) is 10.6. The number of allylic oxidation sites excluding steroid dienone is 1. The first-order valence-corrected chi connectivity index (χ1v) is 18.9. The Morgan fingerprint density at radius 3 is 2.73 bits per heavy atom. The second kappa shape index (κ2) is 14.9. The summed E-state index contributed by atoms with van der Waals surface area (Å²) in [6.07, 6.45) is 13.0. The monoisotopic (exact) mass is 692 g/mol. The van der Waals surface area contributed by atoms with Gasteiger partial charge in [0.25, 0.3) is 11.8 Å². The van der Waals surface area contributed by atoms with Gasteiger partial charge in [-0.2, -0.15) is 0 Å². The van der Waals surface area contributed by atoms with E-state index in [9.17, 15) is 13.8 Å². The number of anilines is 1. The summed E-state index contributed by atoms with van der Waals surface area (Å²) in [5.41, 5.74) is 3.82. The number of aryl methyl sites for hydroxylation is 2. The van der Waals surface area contributed by atoms with E-state index in [1.54, 1.807) is 43.3 Å². The number of nitrogens with zero attached hydrogens (tertiary/aromatic N) is 3. The molecule has 1 saturated carbocycles. The van der Waals surface area contributed by atoms with Gasteiger partial charge >= 0.3 is 0 Å². The quantitative estimate of drug-likeness (QED) is 0.297. The van der Waals surface area contributed by atoms with E-state index >= 15 is 0 Å². The number of hydrogen-bond donors (Lipinski definition) is 1. The highest BCUT2D eigenvalue weighted by molar-refractivity contribution is 7.92. The van der Waals surface area contributed by atoms with Crippen LogP contribution in [0.3, 0.4) is 0 Å². The van der Waals surface area contributed by atoms with Crippen LogP contribution in [0.2, 0.25) is 5.02 Å². The molecule has 0 saturated heterocycles. The van der Waals surface area contributed by atoms with E-state index in [1.807, 2.05) is 25.1 Å². The fourth-order valence-electron chi connectivity index (χ4n) is 7.02. The smallest absolute Gasteiger partial charge is 0.286 e. The van der Waals surface area contributed by atoms with Crippen molar-refractivity contribution in [3.05, 3.63) is 94.3 Å². The van der Waals surface area contributed by atoms with Crippen LogP contribution in [0, 0.1) is 17.8 Å². The van der Waals surface area contributed by atoms with Gasteiger partial charge in [-0.15, -0.1) is 4.36 Å². The number of rotatable bonds is 3. The van der Waals surface area contributed by atoms with Gasteiger partial charge in [-0.1, -0.05) is 36.7 Å². The molecule has 1 aliphatic carbocycles. The summed E-state index contributed by atoms with van der Waals surface area (Å²) in [7, 11) is 0.0644. The van der Waals surface area contributed by atoms with Crippen molar-refractivity contribution in [2.75, 3.05) is 30.9 Å². The molecule has 1 unspecified atom stereocenters. The lowest BCUT2D eigenvalue weighted by molar-refractivity contribution is 0.0133. The number of aromatic nitrogens is 1. The first-order chi connectivity index (χ1) is 23.1. The lowest BCUT2D eigenvalue weighted by Gasteiger charge is -2.43. The van der Waals surface area contributed by atoms with E-state index < -0.39 is 21.7 Å². The Labute approximate surface area is 288 Å². The summed E-state index contributed by atoms with van der Waals surface area (Å²) in [4.78, 5) is 29.4. The van der Waals surface area contributed by atoms with Crippen LogP contribution >= 0.6 is 11.6 Å². The number of methoxy groups -OCH3 is 1. The van der Waals surface area contributed by atoms with Crippen molar-refractivity contribution in [1.29, 1.82) is 0 Å². The van der Waals surface area contributed by atoms with Crippen LogP contribution in [0.5, 0.6) is 5.75 Å². The molecule has 1 N–H and O–H groups in total. The molecule has 2 bridgehead atoms. The van der Waals surface area contributed by atoms with E-state index in [0.717, 1.165) is 44.3 Å². The largest absolute Gasteiger partial charge is 0.491 e. The van der Waals surface area contributed by atoms with Crippen molar-refractivity contribution in [1.82, 2.24) is 9.29 Å². The van der Waals surface area contributed by atoms with Crippen LogP contribution in [0.1, 0.15) is 70.9 Å². The Hall–Kier alpha value is -3.60. The summed E-state index contributed by atoms with van der Waals surface area (Å²) in [5.74, 6) is 0.0959. The van der Waals surface area contributed by atoms with Gasteiger partial charge in [-0.3, -0.25) is 14.3 Å². The van der Waals surface area contributed by atoms with Crippen molar-refractivity contribution in [3.63, 3.8) is 0 Å². The molecule has 9 nitrogen and oxygen atoms in total. The highest BCUT2D eigenvalue weighted by Gasteiger charge is 2.38. The number of hydrogen-bond acceptors (Lipinski definition) is 6. The van der Waals surface area contributed by atoms with Crippen LogP contribution in [0.4, 0.5) is 5.69 Å². The van der Waals surface area contributed by atoms with Crippen LogP contribution in [0.15, 0.2) is 71.4 Å². The number of nitrogens with one attached hydrogen (secondary N) is 1. The van der Waals surface area contributed by atoms with Crippen LogP contribution in [0.25, 0.3) is 0 Å². The van der Waals surface area contributed by atoms with Crippen molar-refractivity contribution in [2.45, 2.75) is 58.1 Å². The molecular weight excluding hydrogens is 648 g/mol. The molecule has 2 amide bonds. The molecule has 1 aromatic heterocycles. The molecule has 3 heterocycles. The van der Waals surface area contributed by atoms with Gasteiger partial charge < -0.3 is 18.9 Å². The molecule has 2 aromatic carbocycles. The first-order valence-electron chi connectivity index (χ1n) is 16.8. The van der Waals surface area contributed by atoms with Gasteiger partial charge in [0.15, 0.2) is 0 Å². The number of carbonyl (C=O) groups is 2. The predicted molar refractivity (Wildman–Crippen MR) is 190 cm³/mol. The van der Waals surface area contributed by atoms with Gasteiger partial charge in [0.05, 0.1) is 29.7 Å². The minimum Gasteiger partial charge on any atom is -0.491 e. The molecule has 3 aromatic rings. The Bertz CT molecular complexity index is 1810. The van der Waals surface area contributed by atoms with Gasteiger partial charge in [-0.05, 0) is 104 Å². The number of fused-ring (bicyclic) bond motifs is 3. The lowest BCUT2D eigenvalue weighted by atomic mass is 9.70. The number of halogens is 1. The fourth-order valence-corrected chi connectivity index (χ4v) is 9.10. The summed E-state index contributed by atoms with van der Waals surface area (Å²) >= 11 is 6.45. The molecule has 1 fully saturated rings. The second-order valence-corrected chi connectivity index (χ2v) is 15.9. The number of carbonyl (C=O) groups excluding carboxylic acids is 2.